The summed E-state index contributed by atoms with van der Waals surface area (Å²) in [4.78, 5) is 4.95. The van der Waals surface area contributed by atoms with Crippen molar-refractivity contribution in [3.05, 3.63) is 90.0 Å². The first kappa shape index (κ1) is 23.1. The first-order valence-corrected chi connectivity index (χ1v) is 11.9. The average Bonchev–Trinajstić information content (AvgIpc) is 2.88. The number of methoxy groups -OCH3 is 1. The van der Waals surface area contributed by atoms with Gasteiger partial charge in [0.1, 0.15) is 18.1 Å². The van der Waals surface area contributed by atoms with Crippen LogP contribution in [-0.4, -0.2) is 57.9 Å². The molecule has 33 heavy (non-hydrogen) atoms. The Labute approximate surface area is 197 Å². The molecule has 3 aromatic rings. The number of nitrogens with zero attached hydrogens (tertiary/aromatic N) is 2. The fourth-order valence-electron chi connectivity index (χ4n) is 4.20. The second kappa shape index (κ2) is 12.3. The summed E-state index contributed by atoms with van der Waals surface area (Å²) in [6.45, 7) is 7.74. The third kappa shape index (κ3) is 7.24. The molecule has 1 aliphatic rings. The van der Waals surface area contributed by atoms with Gasteiger partial charge in [0.15, 0.2) is 0 Å². The van der Waals surface area contributed by atoms with Crippen molar-refractivity contribution in [3.8, 4) is 11.5 Å². The van der Waals surface area contributed by atoms with Crippen molar-refractivity contribution in [2.75, 3.05) is 57.9 Å². The number of para-hydroxylation sites is 1. The van der Waals surface area contributed by atoms with E-state index in [1.54, 1.807) is 7.11 Å². The fraction of sp³-hybridized carbons (Fsp3) is 0.357. The molecule has 1 N–H and O–H groups in total. The Bertz CT molecular complexity index is 972. The van der Waals surface area contributed by atoms with Gasteiger partial charge in [0.25, 0.3) is 0 Å². The topological polar surface area (TPSA) is 37.0 Å². The predicted octanol–water partition coefficient (Wildman–Crippen LogP) is 4.23. The van der Waals surface area contributed by atoms with Gasteiger partial charge in [-0.2, -0.15) is 0 Å². The second-order valence-corrected chi connectivity index (χ2v) is 8.44. The van der Waals surface area contributed by atoms with E-state index in [0.717, 1.165) is 70.3 Å². The number of anilines is 1. The Balaban J connectivity index is 1.14. The third-order valence-corrected chi connectivity index (χ3v) is 6.12. The number of nitrogens with one attached hydrogen (secondary N) is 1. The second-order valence-electron chi connectivity index (χ2n) is 8.44. The quantitative estimate of drug-likeness (QED) is 0.447. The van der Waals surface area contributed by atoms with E-state index in [4.69, 9.17) is 9.47 Å². The van der Waals surface area contributed by atoms with Crippen LogP contribution in [0.2, 0.25) is 0 Å². The highest BCUT2D eigenvalue weighted by atomic mass is 16.5. The maximum absolute atomic E-state index is 6.07. The van der Waals surface area contributed by atoms with E-state index in [2.05, 4.69) is 75.8 Å². The molecule has 0 radical (unpaired) electrons. The number of hydrogen-bond donors (Lipinski definition) is 1. The van der Waals surface area contributed by atoms with Gasteiger partial charge in [0.05, 0.1) is 7.11 Å². The van der Waals surface area contributed by atoms with Gasteiger partial charge in [-0.15, -0.1) is 0 Å². The zero-order chi connectivity index (χ0) is 22.7. The zero-order valence-corrected chi connectivity index (χ0v) is 19.6. The summed E-state index contributed by atoms with van der Waals surface area (Å²) in [6.07, 6.45) is 0.977. The van der Waals surface area contributed by atoms with E-state index >= 15 is 0 Å². The molecular formula is C28H35N3O2. The molecule has 5 heteroatoms. The first-order chi connectivity index (χ1) is 16.3. The Hall–Kier alpha value is -3.02. The molecule has 0 aliphatic carbocycles. The van der Waals surface area contributed by atoms with Crippen LogP contribution in [0.1, 0.15) is 11.1 Å². The maximum Gasteiger partial charge on any atom is 0.119 e. The van der Waals surface area contributed by atoms with Gasteiger partial charge < -0.3 is 19.7 Å². The monoisotopic (exact) mass is 445 g/mol. The third-order valence-electron chi connectivity index (χ3n) is 6.12. The van der Waals surface area contributed by atoms with Crippen LogP contribution in [0.3, 0.4) is 0 Å². The van der Waals surface area contributed by atoms with Gasteiger partial charge in [-0.1, -0.05) is 42.5 Å². The molecular weight excluding hydrogens is 410 g/mol. The number of hydrogen-bond acceptors (Lipinski definition) is 5. The number of rotatable bonds is 11. The van der Waals surface area contributed by atoms with Crippen LogP contribution in [0.5, 0.6) is 11.5 Å². The van der Waals surface area contributed by atoms with Crippen molar-refractivity contribution >= 4 is 5.69 Å². The van der Waals surface area contributed by atoms with Crippen LogP contribution in [0.25, 0.3) is 0 Å². The van der Waals surface area contributed by atoms with Crippen LogP contribution in [-0.2, 0) is 13.0 Å². The summed E-state index contributed by atoms with van der Waals surface area (Å²) in [6, 6.07) is 27.4. The van der Waals surface area contributed by atoms with E-state index in [9.17, 15) is 0 Å². The molecule has 0 spiro atoms. The van der Waals surface area contributed by atoms with E-state index in [0.29, 0.717) is 0 Å². The molecule has 1 fully saturated rings. The minimum Gasteiger partial charge on any atom is -0.497 e. The molecule has 1 heterocycles. The number of benzene rings is 3. The maximum atomic E-state index is 6.07. The van der Waals surface area contributed by atoms with Gasteiger partial charge >= 0.3 is 0 Å². The van der Waals surface area contributed by atoms with Crippen LogP contribution < -0.4 is 19.7 Å². The molecule has 4 rings (SSSR count). The van der Waals surface area contributed by atoms with Crippen LogP contribution in [0.4, 0.5) is 5.69 Å². The van der Waals surface area contributed by atoms with E-state index < -0.39 is 0 Å². The summed E-state index contributed by atoms with van der Waals surface area (Å²) in [7, 11) is 1.71. The van der Waals surface area contributed by atoms with Crippen LogP contribution in [0.15, 0.2) is 78.9 Å². The molecule has 1 saturated heterocycles. The average molecular weight is 446 g/mol. The molecule has 3 aromatic carbocycles. The van der Waals surface area contributed by atoms with E-state index in [1.807, 2.05) is 18.2 Å². The summed E-state index contributed by atoms with van der Waals surface area (Å²) >= 11 is 0. The Morgan fingerprint density at radius 2 is 1.52 bits per heavy atom. The lowest BCUT2D eigenvalue weighted by Crippen LogP contribution is -2.47. The summed E-state index contributed by atoms with van der Waals surface area (Å²) in [5.74, 6) is 1.86. The normalized spacial score (nSPS) is 14.3. The lowest BCUT2D eigenvalue weighted by Gasteiger charge is -2.36. The molecule has 0 amide bonds. The van der Waals surface area contributed by atoms with Crippen LogP contribution in [0, 0.1) is 0 Å². The molecule has 0 bridgehead atoms. The van der Waals surface area contributed by atoms with Crippen molar-refractivity contribution < 1.29 is 9.47 Å². The van der Waals surface area contributed by atoms with Crippen molar-refractivity contribution in [1.82, 2.24) is 10.2 Å². The van der Waals surface area contributed by atoms with E-state index in [-0.39, 0.29) is 0 Å². The van der Waals surface area contributed by atoms with Crippen molar-refractivity contribution in [3.63, 3.8) is 0 Å². The zero-order valence-electron chi connectivity index (χ0n) is 19.6. The lowest BCUT2D eigenvalue weighted by atomic mass is 10.1. The standard InChI is InChI=1S/C28H35N3O2/c1-32-27-11-5-7-24(21-27)13-14-29-23-25-8-6-12-28(22-25)33-20-19-30-15-17-31(18-16-30)26-9-3-2-4-10-26/h2-12,21-22,29H,13-20,23H2,1H3. The Morgan fingerprint density at radius 3 is 2.30 bits per heavy atom. The number of ether oxygens (including phenoxy) is 2. The minimum absolute atomic E-state index is 0.720. The first-order valence-electron chi connectivity index (χ1n) is 11.9. The summed E-state index contributed by atoms with van der Waals surface area (Å²) in [5.41, 5.74) is 3.85. The largest absolute Gasteiger partial charge is 0.497 e. The lowest BCUT2D eigenvalue weighted by molar-refractivity contribution is 0.200. The summed E-state index contributed by atoms with van der Waals surface area (Å²) < 4.78 is 11.4. The van der Waals surface area contributed by atoms with Crippen molar-refractivity contribution in [2.24, 2.45) is 0 Å². The highest BCUT2D eigenvalue weighted by Crippen LogP contribution is 2.17. The summed E-state index contributed by atoms with van der Waals surface area (Å²) in [5, 5.41) is 3.53. The highest BCUT2D eigenvalue weighted by molar-refractivity contribution is 5.46. The molecule has 0 atom stereocenters. The Kier molecular flexibility index (Phi) is 8.62. The van der Waals surface area contributed by atoms with Gasteiger partial charge in [-0.05, 0) is 60.5 Å². The molecule has 0 unspecified atom stereocenters. The smallest absolute Gasteiger partial charge is 0.119 e. The molecule has 5 nitrogen and oxygen atoms in total. The molecule has 1 aliphatic heterocycles. The Morgan fingerprint density at radius 1 is 0.788 bits per heavy atom. The SMILES string of the molecule is COc1cccc(CCNCc2cccc(OCCN3CCN(c4ccccc4)CC3)c2)c1. The van der Waals surface area contributed by atoms with Gasteiger partial charge in [0.2, 0.25) is 0 Å². The van der Waals surface area contributed by atoms with Gasteiger partial charge in [-0.25, -0.2) is 0 Å². The highest BCUT2D eigenvalue weighted by Gasteiger charge is 2.16. The van der Waals surface area contributed by atoms with Crippen LogP contribution >= 0.6 is 0 Å². The molecule has 174 valence electrons. The fourth-order valence-corrected chi connectivity index (χ4v) is 4.20. The van der Waals surface area contributed by atoms with Gasteiger partial charge in [0, 0.05) is 45.0 Å². The van der Waals surface area contributed by atoms with Crippen molar-refractivity contribution in [2.45, 2.75) is 13.0 Å². The van der Waals surface area contributed by atoms with E-state index in [1.165, 1.54) is 16.8 Å². The molecule has 0 saturated carbocycles. The molecule has 0 aromatic heterocycles. The number of piperazine rings is 1. The van der Waals surface area contributed by atoms with Gasteiger partial charge in [-0.3, -0.25) is 4.90 Å². The van der Waals surface area contributed by atoms with Crippen molar-refractivity contribution in [1.29, 1.82) is 0 Å². The predicted molar refractivity (Wildman–Crippen MR) is 135 cm³/mol. The minimum atomic E-state index is 0.720.